The van der Waals surface area contributed by atoms with Crippen LogP contribution in [-0.2, 0) is 11.3 Å². The molecule has 94 valence electrons. The average molecular weight is 235 g/mol. The summed E-state index contributed by atoms with van der Waals surface area (Å²) in [5, 5.41) is 9.19. The van der Waals surface area contributed by atoms with Crippen molar-refractivity contribution in [1.82, 2.24) is 4.90 Å². The van der Waals surface area contributed by atoms with Gasteiger partial charge < -0.3 is 9.84 Å². The first-order chi connectivity index (χ1) is 8.12. The van der Waals surface area contributed by atoms with Crippen LogP contribution in [0.15, 0.2) is 30.3 Å². The van der Waals surface area contributed by atoms with Crippen LogP contribution in [0.1, 0.15) is 19.4 Å². The van der Waals surface area contributed by atoms with Crippen molar-refractivity contribution in [3.05, 3.63) is 35.9 Å². The van der Waals surface area contributed by atoms with E-state index < -0.39 is 0 Å². The van der Waals surface area contributed by atoms with Gasteiger partial charge in [-0.3, -0.25) is 4.90 Å². The van der Waals surface area contributed by atoms with Gasteiger partial charge in [0.1, 0.15) is 0 Å². The van der Waals surface area contributed by atoms with Gasteiger partial charge >= 0.3 is 0 Å². The van der Waals surface area contributed by atoms with Crippen LogP contribution in [0.3, 0.4) is 0 Å². The number of rotatable bonds is 3. The lowest BCUT2D eigenvalue weighted by Gasteiger charge is -2.45. The van der Waals surface area contributed by atoms with Gasteiger partial charge in [0.05, 0.1) is 19.3 Å². The molecule has 0 spiro atoms. The summed E-state index contributed by atoms with van der Waals surface area (Å²) in [6.45, 7) is 6.84. The molecule has 1 aliphatic heterocycles. The predicted molar refractivity (Wildman–Crippen MR) is 67.8 cm³/mol. The Morgan fingerprint density at radius 2 is 2.06 bits per heavy atom. The Morgan fingerprint density at radius 3 is 2.71 bits per heavy atom. The van der Waals surface area contributed by atoms with Gasteiger partial charge in [0.2, 0.25) is 0 Å². The number of hydrogen-bond acceptors (Lipinski definition) is 3. The molecule has 0 aromatic heterocycles. The number of benzene rings is 1. The average Bonchev–Trinajstić information content (AvgIpc) is 2.33. The van der Waals surface area contributed by atoms with Crippen LogP contribution in [-0.4, -0.2) is 41.4 Å². The molecule has 3 heteroatoms. The van der Waals surface area contributed by atoms with Gasteiger partial charge in [-0.25, -0.2) is 0 Å². The van der Waals surface area contributed by atoms with E-state index in [2.05, 4.69) is 43.0 Å². The summed E-state index contributed by atoms with van der Waals surface area (Å²) in [5.41, 5.74) is 1.33. The molecule has 17 heavy (non-hydrogen) atoms. The molecule has 3 nitrogen and oxygen atoms in total. The van der Waals surface area contributed by atoms with Crippen LogP contribution < -0.4 is 0 Å². The Bertz CT molecular complexity index is 350. The first kappa shape index (κ1) is 12.6. The SMILES string of the molecule is CC1(C)CO[C@H](CO)CN1Cc1ccccc1. The second-order valence-corrected chi connectivity index (χ2v) is 5.29. The van der Waals surface area contributed by atoms with Crippen LogP contribution in [0.2, 0.25) is 0 Å². The van der Waals surface area contributed by atoms with Gasteiger partial charge in [0.15, 0.2) is 0 Å². The molecular weight excluding hydrogens is 214 g/mol. The van der Waals surface area contributed by atoms with Gasteiger partial charge in [-0.2, -0.15) is 0 Å². The molecule has 0 unspecified atom stereocenters. The zero-order valence-electron chi connectivity index (χ0n) is 10.6. The summed E-state index contributed by atoms with van der Waals surface area (Å²) in [7, 11) is 0. The van der Waals surface area contributed by atoms with Crippen molar-refractivity contribution in [3.8, 4) is 0 Å². The van der Waals surface area contributed by atoms with Gasteiger partial charge in [0.25, 0.3) is 0 Å². The molecule has 1 aliphatic rings. The fraction of sp³-hybridized carbons (Fsp3) is 0.571. The third kappa shape index (κ3) is 3.06. The molecule has 1 aromatic rings. The summed E-state index contributed by atoms with van der Waals surface area (Å²) >= 11 is 0. The van der Waals surface area contributed by atoms with Crippen molar-refractivity contribution < 1.29 is 9.84 Å². The maximum atomic E-state index is 9.19. The highest BCUT2D eigenvalue weighted by Gasteiger charge is 2.34. The molecule has 1 atom stereocenters. The minimum absolute atomic E-state index is 0.0293. The molecule has 0 radical (unpaired) electrons. The third-order valence-corrected chi connectivity index (χ3v) is 3.37. The number of ether oxygens (including phenoxy) is 1. The molecule has 0 aliphatic carbocycles. The van der Waals surface area contributed by atoms with Gasteiger partial charge in [-0.1, -0.05) is 30.3 Å². The first-order valence-electron chi connectivity index (χ1n) is 6.13. The zero-order chi connectivity index (χ0) is 12.3. The second-order valence-electron chi connectivity index (χ2n) is 5.29. The Balaban J connectivity index is 2.06. The lowest BCUT2D eigenvalue weighted by Crippen LogP contribution is -2.56. The standard InChI is InChI=1S/C14H21NO2/c1-14(2)11-17-13(10-16)9-15(14)8-12-6-4-3-5-7-12/h3-7,13,16H,8-11H2,1-2H3/t13-/m0/s1. The maximum Gasteiger partial charge on any atom is 0.0933 e. The van der Waals surface area contributed by atoms with Gasteiger partial charge in [0, 0.05) is 18.6 Å². The number of morpholine rings is 1. The van der Waals surface area contributed by atoms with E-state index in [4.69, 9.17) is 4.74 Å². The molecule has 1 fully saturated rings. The Hall–Kier alpha value is -0.900. The second kappa shape index (κ2) is 5.17. The van der Waals surface area contributed by atoms with Crippen LogP contribution >= 0.6 is 0 Å². The summed E-state index contributed by atoms with van der Waals surface area (Å²) in [6.07, 6.45) is -0.0493. The molecule has 0 saturated carbocycles. The van der Waals surface area contributed by atoms with E-state index >= 15 is 0 Å². The first-order valence-corrected chi connectivity index (χ1v) is 6.13. The van der Waals surface area contributed by atoms with Crippen LogP contribution in [0.4, 0.5) is 0 Å². The van der Waals surface area contributed by atoms with Crippen molar-refractivity contribution in [1.29, 1.82) is 0 Å². The third-order valence-electron chi connectivity index (χ3n) is 3.37. The lowest BCUT2D eigenvalue weighted by molar-refractivity contribution is -0.116. The summed E-state index contributed by atoms with van der Waals surface area (Å²) in [4.78, 5) is 2.38. The summed E-state index contributed by atoms with van der Waals surface area (Å²) in [5.74, 6) is 0. The molecule has 0 amide bonds. The Kier molecular flexibility index (Phi) is 3.82. The highest BCUT2D eigenvalue weighted by molar-refractivity contribution is 5.15. The zero-order valence-corrected chi connectivity index (χ0v) is 10.6. The molecule has 1 saturated heterocycles. The van der Waals surface area contributed by atoms with E-state index in [1.165, 1.54) is 5.56 Å². The van der Waals surface area contributed by atoms with Crippen molar-refractivity contribution >= 4 is 0 Å². The summed E-state index contributed by atoms with van der Waals surface area (Å²) in [6, 6.07) is 10.4. The highest BCUT2D eigenvalue weighted by Crippen LogP contribution is 2.24. The van der Waals surface area contributed by atoms with E-state index in [0.717, 1.165) is 13.1 Å². The lowest BCUT2D eigenvalue weighted by atomic mass is 9.99. The van der Waals surface area contributed by atoms with E-state index in [1.807, 2.05) is 6.07 Å². The normalized spacial score (nSPS) is 24.8. The maximum absolute atomic E-state index is 9.19. The van der Waals surface area contributed by atoms with Crippen molar-refractivity contribution in [2.45, 2.75) is 32.0 Å². The minimum Gasteiger partial charge on any atom is -0.394 e. The van der Waals surface area contributed by atoms with Crippen molar-refractivity contribution in [3.63, 3.8) is 0 Å². The van der Waals surface area contributed by atoms with E-state index in [0.29, 0.717) is 6.61 Å². The van der Waals surface area contributed by atoms with Crippen LogP contribution in [0.5, 0.6) is 0 Å². The van der Waals surface area contributed by atoms with E-state index in [9.17, 15) is 5.11 Å². The van der Waals surface area contributed by atoms with E-state index in [1.54, 1.807) is 0 Å². The fourth-order valence-electron chi connectivity index (χ4n) is 2.15. The number of aliphatic hydroxyl groups excluding tert-OH is 1. The smallest absolute Gasteiger partial charge is 0.0933 e. The molecular formula is C14H21NO2. The molecule has 1 aromatic carbocycles. The number of hydrogen-bond donors (Lipinski definition) is 1. The topological polar surface area (TPSA) is 32.7 Å². The molecule has 1 N–H and O–H groups in total. The highest BCUT2D eigenvalue weighted by atomic mass is 16.5. The van der Waals surface area contributed by atoms with Crippen molar-refractivity contribution in [2.24, 2.45) is 0 Å². The summed E-state index contributed by atoms with van der Waals surface area (Å²) < 4.78 is 5.62. The molecule has 2 rings (SSSR count). The van der Waals surface area contributed by atoms with Crippen molar-refractivity contribution in [2.75, 3.05) is 19.8 Å². The number of nitrogens with zero attached hydrogens (tertiary/aromatic N) is 1. The largest absolute Gasteiger partial charge is 0.394 e. The van der Waals surface area contributed by atoms with Gasteiger partial charge in [-0.05, 0) is 19.4 Å². The van der Waals surface area contributed by atoms with Crippen LogP contribution in [0, 0.1) is 0 Å². The minimum atomic E-state index is -0.0493. The number of aliphatic hydroxyl groups is 1. The Labute approximate surface area is 103 Å². The Morgan fingerprint density at radius 1 is 1.35 bits per heavy atom. The quantitative estimate of drug-likeness (QED) is 0.865. The molecule has 0 bridgehead atoms. The molecule has 1 heterocycles. The monoisotopic (exact) mass is 235 g/mol. The van der Waals surface area contributed by atoms with E-state index in [-0.39, 0.29) is 18.2 Å². The van der Waals surface area contributed by atoms with Crippen LogP contribution in [0.25, 0.3) is 0 Å². The van der Waals surface area contributed by atoms with Gasteiger partial charge in [-0.15, -0.1) is 0 Å². The fourth-order valence-corrected chi connectivity index (χ4v) is 2.15. The predicted octanol–water partition coefficient (Wildman–Crippen LogP) is 1.66.